The Kier molecular flexibility index (Phi) is 9.06. The highest BCUT2D eigenvalue weighted by molar-refractivity contribution is 5.86. The van der Waals surface area contributed by atoms with Crippen LogP contribution >= 0.6 is 0 Å². The minimum atomic E-state index is -0.906. The molecule has 2 aromatic rings. The molecule has 3 atom stereocenters. The molecule has 31 heavy (non-hydrogen) atoms. The van der Waals surface area contributed by atoms with Crippen LogP contribution in [0.3, 0.4) is 0 Å². The predicted octanol–water partition coefficient (Wildman–Crippen LogP) is 4.75. The summed E-state index contributed by atoms with van der Waals surface area (Å²) in [5, 5.41) is 5.73. The van der Waals surface area contributed by atoms with Gasteiger partial charge < -0.3 is 20.1 Å². The second-order valence-electron chi connectivity index (χ2n) is 8.51. The molecule has 2 N–H and O–H groups in total. The van der Waals surface area contributed by atoms with Crippen molar-refractivity contribution >= 4 is 12.0 Å². The number of benzene rings is 2. The zero-order valence-corrected chi connectivity index (χ0v) is 19.1. The van der Waals surface area contributed by atoms with E-state index < -0.39 is 23.8 Å². The van der Waals surface area contributed by atoms with Crippen LogP contribution < -0.4 is 10.6 Å². The molecule has 6 heteroatoms. The first-order valence-corrected chi connectivity index (χ1v) is 10.7. The van der Waals surface area contributed by atoms with Crippen LogP contribution in [0.1, 0.15) is 58.2 Å². The molecule has 0 heterocycles. The van der Waals surface area contributed by atoms with Gasteiger partial charge in [-0.25, -0.2) is 4.79 Å². The Morgan fingerprint density at radius 1 is 0.935 bits per heavy atom. The largest absolute Gasteiger partial charge is 0.444 e. The fraction of sp³-hybridized carbons (Fsp3) is 0.440. The van der Waals surface area contributed by atoms with Crippen LogP contribution in [0.25, 0.3) is 0 Å². The lowest BCUT2D eigenvalue weighted by molar-refractivity contribution is -0.128. The first-order valence-electron chi connectivity index (χ1n) is 10.7. The molecule has 6 nitrogen and oxygen atoms in total. The second-order valence-corrected chi connectivity index (χ2v) is 8.51. The fourth-order valence-electron chi connectivity index (χ4n) is 3.10. The van der Waals surface area contributed by atoms with Crippen molar-refractivity contribution < 1.29 is 19.1 Å². The molecule has 0 aliphatic heterocycles. The summed E-state index contributed by atoms with van der Waals surface area (Å²) < 4.78 is 11.3. The van der Waals surface area contributed by atoms with Crippen LogP contribution in [-0.2, 0) is 20.9 Å². The summed E-state index contributed by atoms with van der Waals surface area (Å²) >= 11 is 0. The Morgan fingerprint density at radius 2 is 1.52 bits per heavy atom. The van der Waals surface area contributed by atoms with Gasteiger partial charge in [-0.15, -0.1) is 0 Å². The van der Waals surface area contributed by atoms with E-state index in [0.29, 0.717) is 13.0 Å². The lowest BCUT2D eigenvalue weighted by Crippen LogP contribution is -2.54. The summed E-state index contributed by atoms with van der Waals surface area (Å²) in [5.41, 5.74) is 1.32. The lowest BCUT2D eigenvalue weighted by Gasteiger charge is -2.28. The topological polar surface area (TPSA) is 76.7 Å². The molecule has 0 unspecified atom stereocenters. The Hall–Kier alpha value is -2.86. The van der Waals surface area contributed by atoms with Crippen LogP contribution in [0.15, 0.2) is 60.7 Å². The molecule has 0 radical (unpaired) electrons. The average molecular weight is 427 g/mol. The standard InChI is InChI=1S/C25H34N2O4/c1-6-21(20-15-11-8-12-16-20)26-23(28)22(27-24(29)31-25(3,4)5)18(2)30-17-19-13-9-7-10-14-19/h7-16,18,21-22H,6,17H2,1-5H3,(H,26,28)(H,27,29)/t18-,21-,22+/m0/s1. The van der Waals surface area contributed by atoms with Gasteiger partial charge in [0, 0.05) is 0 Å². The number of hydrogen-bond donors (Lipinski definition) is 2. The number of ether oxygens (including phenoxy) is 2. The lowest BCUT2D eigenvalue weighted by atomic mass is 10.0. The number of carbonyl (C=O) groups is 2. The summed E-state index contributed by atoms with van der Waals surface area (Å²) in [4.78, 5) is 25.6. The second kappa shape index (κ2) is 11.5. The smallest absolute Gasteiger partial charge is 0.408 e. The van der Waals surface area contributed by atoms with E-state index in [0.717, 1.165) is 11.1 Å². The van der Waals surface area contributed by atoms with Gasteiger partial charge in [-0.05, 0) is 45.2 Å². The maximum absolute atomic E-state index is 13.2. The van der Waals surface area contributed by atoms with Gasteiger partial charge in [0.2, 0.25) is 5.91 Å². The number of rotatable bonds is 9. The van der Waals surface area contributed by atoms with E-state index in [2.05, 4.69) is 10.6 Å². The van der Waals surface area contributed by atoms with E-state index in [-0.39, 0.29) is 11.9 Å². The van der Waals surface area contributed by atoms with E-state index in [1.807, 2.05) is 67.6 Å². The molecule has 2 rings (SSSR count). The molecular weight excluding hydrogens is 392 g/mol. The highest BCUT2D eigenvalue weighted by atomic mass is 16.6. The van der Waals surface area contributed by atoms with Gasteiger partial charge in [-0.2, -0.15) is 0 Å². The van der Waals surface area contributed by atoms with Crippen LogP contribution in [0, 0.1) is 0 Å². The highest BCUT2D eigenvalue weighted by Crippen LogP contribution is 2.17. The van der Waals surface area contributed by atoms with E-state index in [1.54, 1.807) is 27.7 Å². The Balaban J connectivity index is 2.12. The molecule has 168 valence electrons. The van der Waals surface area contributed by atoms with E-state index in [9.17, 15) is 9.59 Å². The van der Waals surface area contributed by atoms with Crippen molar-refractivity contribution in [2.75, 3.05) is 0 Å². The van der Waals surface area contributed by atoms with Crippen molar-refractivity contribution in [3.05, 3.63) is 71.8 Å². The third-order valence-corrected chi connectivity index (χ3v) is 4.71. The van der Waals surface area contributed by atoms with Gasteiger partial charge in [0.25, 0.3) is 0 Å². The first-order chi connectivity index (χ1) is 14.7. The molecule has 0 fully saturated rings. The highest BCUT2D eigenvalue weighted by Gasteiger charge is 2.31. The minimum absolute atomic E-state index is 0.169. The van der Waals surface area contributed by atoms with Crippen molar-refractivity contribution in [1.82, 2.24) is 10.6 Å². The zero-order valence-electron chi connectivity index (χ0n) is 19.1. The summed E-state index contributed by atoms with van der Waals surface area (Å²) in [6.07, 6.45) is -0.509. The third-order valence-electron chi connectivity index (χ3n) is 4.71. The molecule has 0 aliphatic rings. The SMILES string of the molecule is CC[C@H](NC(=O)[C@H](NC(=O)OC(C)(C)C)[C@H](C)OCc1ccccc1)c1ccccc1. The predicted molar refractivity (Wildman–Crippen MR) is 121 cm³/mol. The normalized spacial score (nSPS) is 14.2. The number of nitrogens with one attached hydrogen (secondary N) is 2. The first kappa shape index (κ1) is 24.4. The van der Waals surface area contributed by atoms with Gasteiger partial charge in [0.1, 0.15) is 11.6 Å². The molecule has 0 saturated carbocycles. The van der Waals surface area contributed by atoms with Crippen molar-refractivity contribution in [2.45, 2.75) is 71.4 Å². The summed E-state index contributed by atoms with van der Waals surface area (Å²) in [6, 6.07) is 18.4. The van der Waals surface area contributed by atoms with Crippen molar-refractivity contribution in [3.63, 3.8) is 0 Å². The fourth-order valence-corrected chi connectivity index (χ4v) is 3.10. The van der Waals surface area contributed by atoms with Gasteiger partial charge >= 0.3 is 6.09 Å². The molecule has 0 saturated heterocycles. The molecule has 2 amide bonds. The Morgan fingerprint density at radius 3 is 2.06 bits per heavy atom. The van der Waals surface area contributed by atoms with E-state index in [4.69, 9.17) is 9.47 Å². The van der Waals surface area contributed by atoms with Gasteiger partial charge in [0.05, 0.1) is 18.8 Å². The van der Waals surface area contributed by atoms with Gasteiger partial charge in [0.15, 0.2) is 0 Å². The quantitative estimate of drug-likeness (QED) is 0.606. The Bertz CT molecular complexity index is 818. The number of amides is 2. The van der Waals surface area contributed by atoms with Crippen molar-refractivity contribution in [3.8, 4) is 0 Å². The number of alkyl carbamates (subject to hydrolysis) is 1. The van der Waals surface area contributed by atoms with Crippen LogP contribution in [0.4, 0.5) is 4.79 Å². The molecule has 0 aromatic heterocycles. The van der Waals surface area contributed by atoms with Gasteiger partial charge in [-0.1, -0.05) is 67.6 Å². The number of carbonyl (C=O) groups excluding carboxylic acids is 2. The third kappa shape index (κ3) is 8.42. The molecule has 0 aliphatic carbocycles. The maximum Gasteiger partial charge on any atom is 0.408 e. The maximum atomic E-state index is 13.2. The summed E-state index contributed by atoms with van der Waals surface area (Å²) in [5.74, 6) is -0.317. The zero-order chi connectivity index (χ0) is 22.9. The van der Waals surface area contributed by atoms with Crippen molar-refractivity contribution in [2.24, 2.45) is 0 Å². The van der Waals surface area contributed by atoms with Crippen LogP contribution in [0.2, 0.25) is 0 Å². The molecule has 0 bridgehead atoms. The Labute approximate surface area is 185 Å². The van der Waals surface area contributed by atoms with Crippen LogP contribution in [-0.4, -0.2) is 29.7 Å². The van der Waals surface area contributed by atoms with Crippen LogP contribution in [0.5, 0.6) is 0 Å². The molecule has 0 spiro atoms. The average Bonchev–Trinajstić information content (AvgIpc) is 2.74. The van der Waals surface area contributed by atoms with Crippen molar-refractivity contribution in [1.29, 1.82) is 0 Å². The minimum Gasteiger partial charge on any atom is -0.444 e. The van der Waals surface area contributed by atoms with E-state index in [1.165, 1.54) is 0 Å². The summed E-state index contributed by atoms with van der Waals surface area (Å²) in [6.45, 7) is 9.44. The number of hydrogen-bond acceptors (Lipinski definition) is 4. The molecule has 2 aromatic carbocycles. The molecular formula is C25H34N2O4. The summed E-state index contributed by atoms with van der Waals surface area (Å²) in [7, 11) is 0. The van der Waals surface area contributed by atoms with E-state index >= 15 is 0 Å². The monoisotopic (exact) mass is 426 g/mol. The van der Waals surface area contributed by atoms with Gasteiger partial charge in [-0.3, -0.25) is 4.79 Å².